The van der Waals surface area contributed by atoms with Crippen molar-refractivity contribution in [2.75, 3.05) is 0 Å². The fourth-order valence-corrected chi connectivity index (χ4v) is 3.42. The Labute approximate surface area is 176 Å². The fraction of sp³-hybridized carbons (Fsp3) is 0.0909. The van der Waals surface area contributed by atoms with Gasteiger partial charge in [0.2, 0.25) is 0 Å². The van der Waals surface area contributed by atoms with E-state index in [1.807, 2.05) is 0 Å². The lowest BCUT2D eigenvalue weighted by molar-refractivity contribution is -0.137. The molecule has 0 bridgehead atoms. The van der Waals surface area contributed by atoms with Gasteiger partial charge in [0.05, 0.1) is 22.3 Å². The SMILES string of the molecule is O=C(O)c1ccc(-c2ccccc2C(F)(F)F)c(C(=O)O)c1-c1ccccc1C(F)(F)F. The van der Waals surface area contributed by atoms with E-state index in [1.165, 1.54) is 6.07 Å². The van der Waals surface area contributed by atoms with E-state index >= 15 is 0 Å². The van der Waals surface area contributed by atoms with Crippen molar-refractivity contribution in [2.45, 2.75) is 12.4 Å². The first kappa shape index (κ1) is 22.9. The number of carbonyl (C=O) groups is 2. The van der Waals surface area contributed by atoms with E-state index in [-0.39, 0.29) is 0 Å². The quantitative estimate of drug-likeness (QED) is 0.444. The Morgan fingerprint density at radius 1 is 0.594 bits per heavy atom. The highest BCUT2D eigenvalue weighted by molar-refractivity contribution is 6.10. The Morgan fingerprint density at radius 2 is 1.06 bits per heavy atom. The van der Waals surface area contributed by atoms with Gasteiger partial charge in [0, 0.05) is 5.56 Å². The predicted molar refractivity (Wildman–Crippen MR) is 101 cm³/mol. The lowest BCUT2D eigenvalue weighted by atomic mass is 9.85. The van der Waals surface area contributed by atoms with Crippen molar-refractivity contribution < 1.29 is 46.1 Å². The molecule has 0 amide bonds. The molecule has 166 valence electrons. The molecule has 4 nitrogen and oxygen atoms in total. The summed E-state index contributed by atoms with van der Waals surface area (Å²) in [6.07, 6.45) is -9.89. The second-order valence-corrected chi connectivity index (χ2v) is 6.61. The number of carboxylic acid groups (broad SMARTS) is 2. The zero-order valence-electron chi connectivity index (χ0n) is 15.8. The van der Waals surface area contributed by atoms with Crippen LogP contribution in [0, 0.1) is 0 Å². The Hall–Kier alpha value is -3.82. The Balaban J connectivity index is 2.52. The van der Waals surface area contributed by atoms with Crippen LogP contribution in [-0.2, 0) is 12.4 Å². The smallest absolute Gasteiger partial charge is 0.417 e. The second kappa shape index (κ2) is 8.03. The summed E-state index contributed by atoms with van der Waals surface area (Å²) in [4.78, 5) is 23.9. The fourth-order valence-electron chi connectivity index (χ4n) is 3.42. The maximum atomic E-state index is 13.6. The molecule has 3 rings (SSSR count). The number of carboxylic acids is 2. The monoisotopic (exact) mass is 454 g/mol. The van der Waals surface area contributed by atoms with E-state index in [1.54, 1.807) is 0 Å². The van der Waals surface area contributed by atoms with E-state index in [9.17, 15) is 46.1 Å². The van der Waals surface area contributed by atoms with Crippen LogP contribution >= 0.6 is 0 Å². The molecule has 0 unspecified atom stereocenters. The van der Waals surface area contributed by atoms with Gasteiger partial charge in [-0.25, -0.2) is 9.59 Å². The van der Waals surface area contributed by atoms with E-state index < -0.39 is 68.8 Å². The van der Waals surface area contributed by atoms with E-state index in [4.69, 9.17) is 0 Å². The summed E-state index contributed by atoms with van der Waals surface area (Å²) >= 11 is 0. The number of hydrogen-bond acceptors (Lipinski definition) is 2. The van der Waals surface area contributed by atoms with Gasteiger partial charge >= 0.3 is 24.3 Å². The molecule has 0 aliphatic heterocycles. The zero-order chi connectivity index (χ0) is 23.8. The van der Waals surface area contributed by atoms with Crippen molar-refractivity contribution in [2.24, 2.45) is 0 Å². The van der Waals surface area contributed by atoms with Crippen molar-refractivity contribution >= 4 is 11.9 Å². The van der Waals surface area contributed by atoms with Gasteiger partial charge in [-0.05, 0) is 34.9 Å². The second-order valence-electron chi connectivity index (χ2n) is 6.61. The average Bonchev–Trinajstić information content (AvgIpc) is 2.71. The first-order valence-electron chi connectivity index (χ1n) is 8.80. The molecule has 0 heterocycles. The molecule has 32 heavy (non-hydrogen) atoms. The van der Waals surface area contributed by atoms with Crippen LogP contribution in [-0.4, -0.2) is 22.2 Å². The van der Waals surface area contributed by atoms with Crippen LogP contribution in [0.2, 0.25) is 0 Å². The largest absolute Gasteiger partial charge is 0.478 e. The third-order valence-electron chi connectivity index (χ3n) is 4.67. The minimum Gasteiger partial charge on any atom is -0.478 e. The minimum absolute atomic E-state index is 0.567. The highest BCUT2D eigenvalue weighted by atomic mass is 19.4. The molecule has 0 aliphatic rings. The normalized spacial score (nSPS) is 11.9. The Kier molecular flexibility index (Phi) is 5.73. The standard InChI is InChI=1S/C22H12F6O4/c23-21(24,25)15-7-3-1-5-11(15)12-9-10-14(19(29)30)17(18(12)20(31)32)13-6-2-4-8-16(13)22(26,27)28/h1-10H,(H,29,30)(H,31,32). The van der Waals surface area contributed by atoms with Gasteiger partial charge in [-0.2, -0.15) is 26.3 Å². The van der Waals surface area contributed by atoms with Crippen LogP contribution in [0.1, 0.15) is 31.8 Å². The lowest BCUT2D eigenvalue weighted by Crippen LogP contribution is -2.14. The van der Waals surface area contributed by atoms with Gasteiger partial charge in [-0.1, -0.05) is 42.5 Å². The molecule has 0 aliphatic carbocycles. The van der Waals surface area contributed by atoms with Crippen LogP contribution in [0.25, 0.3) is 22.3 Å². The van der Waals surface area contributed by atoms with Crippen LogP contribution in [0.15, 0.2) is 60.7 Å². The van der Waals surface area contributed by atoms with E-state index in [0.717, 1.165) is 42.5 Å². The highest BCUT2D eigenvalue weighted by Crippen LogP contribution is 2.44. The van der Waals surface area contributed by atoms with Gasteiger partial charge < -0.3 is 10.2 Å². The summed E-state index contributed by atoms with van der Waals surface area (Å²) in [5.74, 6) is -3.62. The van der Waals surface area contributed by atoms with Crippen LogP contribution in [0.5, 0.6) is 0 Å². The third kappa shape index (κ3) is 4.16. The molecule has 2 N–H and O–H groups in total. The van der Waals surface area contributed by atoms with Crippen molar-refractivity contribution in [3.8, 4) is 22.3 Å². The first-order chi connectivity index (χ1) is 14.8. The van der Waals surface area contributed by atoms with Crippen molar-refractivity contribution in [3.63, 3.8) is 0 Å². The number of benzene rings is 3. The number of halogens is 6. The van der Waals surface area contributed by atoms with Crippen LogP contribution < -0.4 is 0 Å². The van der Waals surface area contributed by atoms with E-state index in [0.29, 0.717) is 12.1 Å². The Morgan fingerprint density at radius 3 is 1.53 bits per heavy atom. The third-order valence-corrected chi connectivity index (χ3v) is 4.67. The first-order valence-corrected chi connectivity index (χ1v) is 8.80. The number of hydrogen-bond donors (Lipinski definition) is 2. The summed E-state index contributed by atoms with van der Waals surface area (Å²) < 4.78 is 81.4. The van der Waals surface area contributed by atoms with Gasteiger partial charge in [0.25, 0.3) is 0 Å². The number of rotatable bonds is 4. The summed E-state index contributed by atoms with van der Waals surface area (Å²) in [7, 11) is 0. The maximum absolute atomic E-state index is 13.6. The highest BCUT2D eigenvalue weighted by Gasteiger charge is 2.38. The van der Waals surface area contributed by atoms with Gasteiger partial charge in [-0.15, -0.1) is 0 Å². The lowest BCUT2D eigenvalue weighted by Gasteiger charge is -2.20. The van der Waals surface area contributed by atoms with Gasteiger partial charge in [-0.3, -0.25) is 0 Å². The maximum Gasteiger partial charge on any atom is 0.417 e. The van der Waals surface area contributed by atoms with E-state index in [2.05, 4.69) is 0 Å². The predicted octanol–water partition coefficient (Wildman–Crippen LogP) is 6.45. The summed E-state index contributed by atoms with van der Waals surface area (Å²) in [5, 5.41) is 19.3. The topological polar surface area (TPSA) is 74.6 Å². The average molecular weight is 454 g/mol. The molecule has 3 aromatic carbocycles. The molecule has 3 aromatic rings. The van der Waals surface area contributed by atoms with Crippen molar-refractivity contribution in [1.29, 1.82) is 0 Å². The summed E-state index contributed by atoms with van der Waals surface area (Å²) in [5.41, 5.74) is -7.13. The molecule has 0 radical (unpaired) electrons. The molecular formula is C22H12F6O4. The molecule has 0 saturated heterocycles. The van der Waals surface area contributed by atoms with Crippen molar-refractivity contribution in [1.82, 2.24) is 0 Å². The van der Waals surface area contributed by atoms with Gasteiger partial charge in [0.15, 0.2) is 0 Å². The Bertz CT molecular complexity index is 1210. The minimum atomic E-state index is -4.98. The molecule has 0 atom stereocenters. The molecule has 0 aromatic heterocycles. The molecular weight excluding hydrogens is 442 g/mol. The van der Waals surface area contributed by atoms with Gasteiger partial charge in [0.1, 0.15) is 0 Å². The van der Waals surface area contributed by atoms with Crippen molar-refractivity contribution in [3.05, 3.63) is 82.9 Å². The number of aromatic carboxylic acids is 2. The van der Waals surface area contributed by atoms with Crippen LogP contribution in [0.3, 0.4) is 0 Å². The molecule has 0 spiro atoms. The zero-order valence-corrected chi connectivity index (χ0v) is 15.8. The molecule has 10 heteroatoms. The summed E-state index contributed by atoms with van der Waals surface area (Å²) in [6, 6.07) is 9.22. The summed E-state index contributed by atoms with van der Waals surface area (Å²) in [6.45, 7) is 0. The molecule has 0 saturated carbocycles. The van der Waals surface area contributed by atoms with Crippen LogP contribution in [0.4, 0.5) is 26.3 Å². The number of alkyl halides is 6. The molecule has 0 fully saturated rings.